The first-order chi connectivity index (χ1) is 12.1. The minimum atomic E-state index is -3.47. The normalized spacial score (nSPS) is 18.3. The molecule has 2 aromatic carbocycles. The summed E-state index contributed by atoms with van der Waals surface area (Å²) in [4.78, 5) is 2.56. The van der Waals surface area contributed by atoms with Gasteiger partial charge in [-0.1, -0.05) is 48.0 Å². The van der Waals surface area contributed by atoms with Crippen molar-refractivity contribution in [2.45, 2.75) is 10.9 Å². The van der Waals surface area contributed by atoms with Gasteiger partial charge in [-0.25, -0.2) is 13.1 Å². The van der Waals surface area contributed by atoms with Crippen LogP contribution in [0, 0.1) is 0 Å². The Hall–Kier alpha value is -1.15. The number of benzene rings is 2. The minimum Gasteiger partial charge on any atom is -0.314 e. The van der Waals surface area contributed by atoms with Crippen molar-refractivity contribution >= 4 is 34.0 Å². The van der Waals surface area contributed by atoms with Crippen molar-refractivity contribution < 1.29 is 8.42 Å². The monoisotopic (exact) mass is 415 g/mol. The second-order valence-corrected chi connectivity index (χ2v) is 8.16. The van der Waals surface area contributed by atoms with Gasteiger partial charge in [0.25, 0.3) is 0 Å². The van der Waals surface area contributed by atoms with E-state index in [-0.39, 0.29) is 23.3 Å². The Morgan fingerprint density at radius 2 is 1.81 bits per heavy atom. The molecule has 1 heterocycles. The zero-order valence-electron chi connectivity index (χ0n) is 14.3. The van der Waals surface area contributed by atoms with Crippen LogP contribution >= 0.6 is 24.0 Å². The van der Waals surface area contributed by atoms with E-state index in [1.165, 1.54) is 0 Å². The Morgan fingerprint density at radius 3 is 2.54 bits per heavy atom. The molecule has 1 unspecified atom stereocenters. The van der Waals surface area contributed by atoms with Crippen molar-refractivity contribution in [2.24, 2.45) is 0 Å². The fraction of sp³-hybridized carbons (Fsp3) is 0.333. The molecule has 1 aliphatic heterocycles. The molecule has 0 spiro atoms. The first-order valence-electron chi connectivity index (χ1n) is 8.32. The summed E-state index contributed by atoms with van der Waals surface area (Å²) in [6.45, 7) is 3.52. The number of sulfonamides is 1. The Balaban J connectivity index is 0.00000243. The molecule has 0 bridgehead atoms. The van der Waals surface area contributed by atoms with Gasteiger partial charge in [-0.15, -0.1) is 12.4 Å². The van der Waals surface area contributed by atoms with Crippen LogP contribution < -0.4 is 10.0 Å². The van der Waals surface area contributed by atoms with E-state index in [9.17, 15) is 8.42 Å². The van der Waals surface area contributed by atoms with Gasteiger partial charge in [-0.05, 0) is 23.8 Å². The molecule has 0 aromatic heterocycles. The first-order valence-corrected chi connectivity index (χ1v) is 10.2. The molecule has 5 nitrogen and oxygen atoms in total. The lowest BCUT2D eigenvalue weighted by Crippen LogP contribution is -2.48. The quantitative estimate of drug-likeness (QED) is 0.760. The molecule has 0 saturated carbocycles. The fourth-order valence-electron chi connectivity index (χ4n) is 3.07. The zero-order chi connectivity index (χ0) is 17.7. The number of piperazine rings is 1. The van der Waals surface area contributed by atoms with E-state index in [0.717, 1.165) is 30.2 Å². The number of halogens is 2. The predicted molar refractivity (Wildman–Crippen MR) is 108 cm³/mol. The summed E-state index contributed by atoms with van der Waals surface area (Å²) in [5, 5.41) is 4.13. The van der Waals surface area contributed by atoms with Gasteiger partial charge in [0.05, 0.1) is 4.90 Å². The highest BCUT2D eigenvalue weighted by Crippen LogP contribution is 2.28. The number of nitrogens with zero attached hydrogens (tertiary/aromatic N) is 1. The highest BCUT2D eigenvalue weighted by atomic mass is 35.5. The van der Waals surface area contributed by atoms with Crippen LogP contribution in [0.1, 0.15) is 11.6 Å². The first kappa shape index (κ1) is 21.2. The highest BCUT2D eigenvalue weighted by molar-refractivity contribution is 7.89. The molecule has 2 aromatic rings. The van der Waals surface area contributed by atoms with Gasteiger partial charge in [0.2, 0.25) is 10.0 Å². The highest BCUT2D eigenvalue weighted by Gasteiger charge is 2.25. The minimum absolute atomic E-state index is 0. The van der Waals surface area contributed by atoms with Crippen molar-refractivity contribution in [3.8, 4) is 0 Å². The molecule has 0 aliphatic carbocycles. The molecular weight excluding hydrogens is 393 g/mol. The van der Waals surface area contributed by atoms with Crippen LogP contribution in [0.5, 0.6) is 0 Å². The third-order valence-corrected chi connectivity index (χ3v) is 6.18. The summed E-state index contributed by atoms with van der Waals surface area (Å²) in [6, 6.07) is 16.4. The lowest BCUT2D eigenvalue weighted by Gasteiger charge is -2.36. The fourth-order valence-corrected chi connectivity index (χ4v) is 4.38. The van der Waals surface area contributed by atoms with E-state index in [2.05, 4.69) is 14.9 Å². The molecule has 142 valence electrons. The van der Waals surface area contributed by atoms with Gasteiger partial charge < -0.3 is 5.32 Å². The molecule has 1 atom stereocenters. The van der Waals surface area contributed by atoms with Gasteiger partial charge in [-0.2, -0.15) is 0 Å². The van der Waals surface area contributed by atoms with E-state index in [4.69, 9.17) is 11.6 Å². The molecule has 8 heteroatoms. The molecule has 2 N–H and O–H groups in total. The molecule has 26 heavy (non-hydrogen) atoms. The summed E-state index contributed by atoms with van der Waals surface area (Å²) in [5.74, 6) is 0. The Labute approximate surface area is 166 Å². The number of hydrogen-bond donors (Lipinski definition) is 2. The predicted octanol–water partition coefficient (Wildman–Crippen LogP) is 2.69. The lowest BCUT2D eigenvalue weighted by atomic mass is 10.0. The van der Waals surface area contributed by atoms with E-state index < -0.39 is 10.0 Å². The van der Waals surface area contributed by atoms with E-state index in [0.29, 0.717) is 13.1 Å². The number of nitrogens with one attached hydrogen (secondary N) is 2. The van der Waals surface area contributed by atoms with E-state index >= 15 is 0 Å². The molecule has 3 rings (SSSR count). The number of rotatable bonds is 6. The molecule has 0 radical (unpaired) electrons. The third-order valence-electron chi connectivity index (χ3n) is 4.36. The smallest absolute Gasteiger partial charge is 0.240 e. The topological polar surface area (TPSA) is 61.4 Å². The maximum atomic E-state index is 12.3. The van der Waals surface area contributed by atoms with Crippen LogP contribution in [-0.2, 0) is 10.0 Å². The van der Waals surface area contributed by atoms with Crippen LogP contribution in [0.3, 0.4) is 0 Å². The molecular formula is C18H23Cl2N3O2S. The summed E-state index contributed by atoms with van der Waals surface area (Å²) in [7, 11) is -3.47. The molecule has 1 aliphatic rings. The van der Waals surface area contributed by atoms with Crippen LogP contribution in [0.2, 0.25) is 5.02 Å². The molecule has 1 saturated heterocycles. The Morgan fingerprint density at radius 1 is 1.12 bits per heavy atom. The summed E-state index contributed by atoms with van der Waals surface area (Å²) in [6.07, 6.45) is 0. The van der Waals surface area contributed by atoms with E-state index in [1.807, 2.05) is 24.3 Å². The van der Waals surface area contributed by atoms with Crippen molar-refractivity contribution in [1.82, 2.24) is 14.9 Å². The third kappa shape index (κ3) is 5.19. The van der Waals surface area contributed by atoms with Gasteiger partial charge in [0.15, 0.2) is 0 Å². The van der Waals surface area contributed by atoms with Gasteiger partial charge >= 0.3 is 0 Å². The standard InChI is InChI=1S/C18H22ClN3O2S.ClH/c19-17-9-5-4-8-16(17)18-14-20-10-12-22(18)13-11-21-25(23,24)15-6-2-1-3-7-15;/h1-9,18,20-21H,10-14H2;1H. The maximum Gasteiger partial charge on any atom is 0.240 e. The van der Waals surface area contributed by atoms with Crippen molar-refractivity contribution in [3.63, 3.8) is 0 Å². The number of hydrogen-bond acceptors (Lipinski definition) is 4. The largest absolute Gasteiger partial charge is 0.314 e. The maximum absolute atomic E-state index is 12.3. The second kappa shape index (κ2) is 9.69. The average molecular weight is 416 g/mol. The molecule has 1 fully saturated rings. The SMILES string of the molecule is Cl.O=S(=O)(NCCN1CCNCC1c1ccccc1Cl)c1ccccc1. The van der Waals surface area contributed by atoms with Crippen LogP contribution in [-0.4, -0.2) is 46.0 Å². The summed E-state index contributed by atoms with van der Waals surface area (Å²) >= 11 is 6.34. The van der Waals surface area contributed by atoms with Gasteiger partial charge in [0, 0.05) is 43.8 Å². The van der Waals surface area contributed by atoms with Crippen LogP contribution in [0.15, 0.2) is 59.5 Å². The van der Waals surface area contributed by atoms with Crippen LogP contribution in [0.4, 0.5) is 0 Å². The van der Waals surface area contributed by atoms with Gasteiger partial charge in [-0.3, -0.25) is 4.90 Å². The van der Waals surface area contributed by atoms with Crippen molar-refractivity contribution in [2.75, 3.05) is 32.7 Å². The van der Waals surface area contributed by atoms with Crippen LogP contribution in [0.25, 0.3) is 0 Å². The van der Waals surface area contributed by atoms with E-state index in [1.54, 1.807) is 30.3 Å². The van der Waals surface area contributed by atoms with Gasteiger partial charge in [0.1, 0.15) is 0 Å². The molecule has 0 amide bonds. The Kier molecular flexibility index (Phi) is 7.88. The van der Waals surface area contributed by atoms with Crippen molar-refractivity contribution in [1.29, 1.82) is 0 Å². The zero-order valence-corrected chi connectivity index (χ0v) is 16.7. The second-order valence-electron chi connectivity index (χ2n) is 5.99. The van der Waals surface area contributed by atoms with Crippen molar-refractivity contribution in [3.05, 3.63) is 65.2 Å². The lowest BCUT2D eigenvalue weighted by molar-refractivity contribution is 0.165. The Bertz CT molecular complexity index is 803. The average Bonchev–Trinajstić information content (AvgIpc) is 2.63. The summed E-state index contributed by atoms with van der Waals surface area (Å²) < 4.78 is 27.3. The summed E-state index contributed by atoms with van der Waals surface area (Å²) in [5.41, 5.74) is 1.07.